The van der Waals surface area contributed by atoms with Gasteiger partial charge >= 0.3 is 0 Å². The number of nitrogens with zero attached hydrogens (tertiary/aromatic N) is 4. The highest BCUT2D eigenvalue weighted by atomic mass is 16.1. The van der Waals surface area contributed by atoms with Crippen molar-refractivity contribution in [1.82, 2.24) is 30.0 Å². The van der Waals surface area contributed by atoms with Crippen molar-refractivity contribution in [3.63, 3.8) is 0 Å². The van der Waals surface area contributed by atoms with E-state index in [4.69, 9.17) is 0 Å². The molecular weight excluding hydrogens is 340 g/mol. The van der Waals surface area contributed by atoms with E-state index in [2.05, 4.69) is 25.4 Å². The van der Waals surface area contributed by atoms with Crippen LogP contribution in [0.2, 0.25) is 0 Å². The maximum absolute atomic E-state index is 12.7. The van der Waals surface area contributed by atoms with Gasteiger partial charge in [-0.25, -0.2) is 9.97 Å². The van der Waals surface area contributed by atoms with E-state index < -0.39 is 0 Å². The van der Waals surface area contributed by atoms with Crippen LogP contribution in [0.15, 0.2) is 41.5 Å². The van der Waals surface area contributed by atoms with Gasteiger partial charge in [0, 0.05) is 30.4 Å². The van der Waals surface area contributed by atoms with Gasteiger partial charge in [-0.2, -0.15) is 5.10 Å². The molecule has 0 unspecified atom stereocenters. The first-order chi connectivity index (χ1) is 13.2. The molecule has 136 valence electrons. The molecule has 5 rings (SSSR count). The summed E-state index contributed by atoms with van der Waals surface area (Å²) in [6.07, 6.45) is 5.96. The Bertz CT molecular complexity index is 1200. The Morgan fingerprint density at radius 1 is 1.19 bits per heavy atom. The smallest absolute Gasteiger partial charge is 0.260 e. The first-order valence-corrected chi connectivity index (χ1v) is 9.22. The van der Waals surface area contributed by atoms with Gasteiger partial charge in [0.05, 0.1) is 10.9 Å². The minimum absolute atomic E-state index is 0.149. The molecule has 1 aliphatic rings. The molecule has 7 nitrogen and oxygen atoms in total. The number of piperidine rings is 1. The van der Waals surface area contributed by atoms with Crippen LogP contribution in [0.3, 0.4) is 0 Å². The van der Waals surface area contributed by atoms with Crippen LogP contribution in [0, 0.1) is 0 Å². The molecule has 0 aliphatic carbocycles. The van der Waals surface area contributed by atoms with Gasteiger partial charge in [-0.15, -0.1) is 0 Å². The summed E-state index contributed by atoms with van der Waals surface area (Å²) >= 11 is 0. The molecule has 7 heteroatoms. The molecule has 1 saturated heterocycles. The summed E-state index contributed by atoms with van der Waals surface area (Å²) in [5.41, 5.74) is 3.22. The SMILES string of the molecule is Cn1cc2cc(-c3nc4ncc(C5CCNCC5)cc4c(=O)[nH]3)ccc2n1. The Labute approximate surface area is 155 Å². The van der Waals surface area contributed by atoms with Crippen molar-refractivity contribution in [1.29, 1.82) is 0 Å². The number of hydrogen-bond acceptors (Lipinski definition) is 5. The highest BCUT2D eigenvalue weighted by molar-refractivity contribution is 5.84. The minimum Gasteiger partial charge on any atom is -0.317 e. The number of aromatic nitrogens is 5. The number of nitrogens with one attached hydrogen (secondary N) is 2. The van der Waals surface area contributed by atoms with Crippen LogP contribution in [0.1, 0.15) is 24.3 Å². The highest BCUT2D eigenvalue weighted by Crippen LogP contribution is 2.26. The zero-order chi connectivity index (χ0) is 18.4. The Kier molecular flexibility index (Phi) is 3.75. The maximum atomic E-state index is 12.7. The van der Waals surface area contributed by atoms with Crippen molar-refractivity contribution in [2.24, 2.45) is 7.05 Å². The summed E-state index contributed by atoms with van der Waals surface area (Å²) in [4.78, 5) is 24.7. The second kappa shape index (κ2) is 6.28. The quantitative estimate of drug-likeness (QED) is 0.573. The monoisotopic (exact) mass is 360 g/mol. The number of aromatic amines is 1. The van der Waals surface area contributed by atoms with Gasteiger partial charge in [-0.3, -0.25) is 9.48 Å². The van der Waals surface area contributed by atoms with Crippen molar-refractivity contribution in [2.75, 3.05) is 13.1 Å². The van der Waals surface area contributed by atoms with Crippen molar-refractivity contribution in [2.45, 2.75) is 18.8 Å². The molecular formula is C20H20N6O. The van der Waals surface area contributed by atoms with Gasteiger partial charge < -0.3 is 10.3 Å². The largest absolute Gasteiger partial charge is 0.317 e. The lowest BCUT2D eigenvalue weighted by atomic mass is 9.91. The third kappa shape index (κ3) is 2.90. The predicted molar refractivity (Wildman–Crippen MR) is 105 cm³/mol. The topological polar surface area (TPSA) is 88.5 Å². The number of fused-ring (bicyclic) bond motifs is 2. The van der Waals surface area contributed by atoms with E-state index in [1.165, 1.54) is 0 Å². The molecule has 0 amide bonds. The zero-order valence-corrected chi connectivity index (χ0v) is 15.1. The predicted octanol–water partition coefficient (Wildman–Crippen LogP) is 2.34. The molecule has 0 saturated carbocycles. The summed E-state index contributed by atoms with van der Waals surface area (Å²) in [6.45, 7) is 2.01. The van der Waals surface area contributed by atoms with E-state index in [1.807, 2.05) is 43.7 Å². The molecule has 4 heterocycles. The van der Waals surface area contributed by atoms with E-state index >= 15 is 0 Å². The van der Waals surface area contributed by atoms with Crippen molar-refractivity contribution in [3.8, 4) is 11.4 Å². The number of aryl methyl sites for hydroxylation is 1. The van der Waals surface area contributed by atoms with E-state index in [9.17, 15) is 4.79 Å². The molecule has 1 fully saturated rings. The van der Waals surface area contributed by atoms with Crippen LogP contribution in [0.25, 0.3) is 33.3 Å². The Balaban J connectivity index is 1.58. The minimum atomic E-state index is -0.149. The summed E-state index contributed by atoms with van der Waals surface area (Å²) in [7, 11) is 1.89. The summed E-state index contributed by atoms with van der Waals surface area (Å²) in [6, 6.07) is 7.79. The lowest BCUT2D eigenvalue weighted by molar-refractivity contribution is 0.460. The molecule has 0 atom stereocenters. The number of rotatable bonds is 2. The molecule has 27 heavy (non-hydrogen) atoms. The number of hydrogen-bond donors (Lipinski definition) is 2. The second-order valence-corrected chi connectivity index (χ2v) is 7.15. The second-order valence-electron chi connectivity index (χ2n) is 7.15. The van der Waals surface area contributed by atoms with Crippen LogP contribution < -0.4 is 10.9 Å². The number of benzene rings is 1. The van der Waals surface area contributed by atoms with E-state index in [0.29, 0.717) is 22.8 Å². The molecule has 1 aromatic carbocycles. The van der Waals surface area contributed by atoms with Gasteiger partial charge in [-0.05, 0) is 61.7 Å². The maximum Gasteiger partial charge on any atom is 0.260 e. The summed E-state index contributed by atoms with van der Waals surface area (Å²) < 4.78 is 1.77. The van der Waals surface area contributed by atoms with Crippen LogP contribution >= 0.6 is 0 Å². The number of pyridine rings is 1. The van der Waals surface area contributed by atoms with Crippen molar-refractivity contribution in [3.05, 3.63) is 52.6 Å². The Morgan fingerprint density at radius 3 is 2.89 bits per heavy atom. The van der Waals surface area contributed by atoms with Gasteiger partial charge in [0.1, 0.15) is 5.82 Å². The van der Waals surface area contributed by atoms with Crippen LogP contribution in [-0.4, -0.2) is 37.8 Å². The highest BCUT2D eigenvalue weighted by Gasteiger charge is 2.17. The van der Waals surface area contributed by atoms with Gasteiger partial charge in [0.25, 0.3) is 5.56 Å². The first-order valence-electron chi connectivity index (χ1n) is 9.22. The van der Waals surface area contributed by atoms with E-state index in [0.717, 1.165) is 48.0 Å². The molecule has 4 aromatic rings. The van der Waals surface area contributed by atoms with Crippen molar-refractivity contribution >= 4 is 21.9 Å². The van der Waals surface area contributed by atoms with E-state index in [1.54, 1.807) is 4.68 Å². The third-order valence-electron chi connectivity index (χ3n) is 5.28. The third-order valence-corrected chi connectivity index (χ3v) is 5.28. The summed E-state index contributed by atoms with van der Waals surface area (Å²) in [5, 5.41) is 9.30. The lowest BCUT2D eigenvalue weighted by Crippen LogP contribution is -2.26. The lowest BCUT2D eigenvalue weighted by Gasteiger charge is -2.22. The molecule has 0 bridgehead atoms. The van der Waals surface area contributed by atoms with Gasteiger partial charge in [-0.1, -0.05) is 0 Å². The van der Waals surface area contributed by atoms with Crippen LogP contribution in [0.5, 0.6) is 0 Å². The molecule has 0 spiro atoms. The van der Waals surface area contributed by atoms with E-state index in [-0.39, 0.29) is 5.56 Å². The normalized spacial score (nSPS) is 15.6. The van der Waals surface area contributed by atoms with Crippen LogP contribution in [0.4, 0.5) is 0 Å². The number of H-pyrrole nitrogens is 1. The fourth-order valence-corrected chi connectivity index (χ4v) is 3.85. The zero-order valence-electron chi connectivity index (χ0n) is 15.1. The molecule has 3 aromatic heterocycles. The fraction of sp³-hybridized carbons (Fsp3) is 0.300. The van der Waals surface area contributed by atoms with Crippen molar-refractivity contribution < 1.29 is 0 Å². The summed E-state index contributed by atoms with van der Waals surface area (Å²) in [5.74, 6) is 0.982. The standard InChI is InChI=1S/C20H20N6O/c1-26-11-15-8-13(2-3-17(15)25-26)18-23-19-16(20(27)24-18)9-14(10-22-19)12-4-6-21-7-5-12/h2-3,8-12,21H,4-7H2,1H3,(H,22,23,24,27). The van der Waals surface area contributed by atoms with Gasteiger partial charge in [0.2, 0.25) is 0 Å². The van der Waals surface area contributed by atoms with Gasteiger partial charge in [0.15, 0.2) is 5.65 Å². The average molecular weight is 360 g/mol. The molecule has 1 aliphatic heterocycles. The molecule has 2 N–H and O–H groups in total. The molecule has 0 radical (unpaired) electrons. The Hall–Kier alpha value is -3.06. The first kappa shape index (κ1) is 16.1. The Morgan fingerprint density at radius 2 is 2.04 bits per heavy atom. The average Bonchev–Trinajstić information content (AvgIpc) is 3.07. The fourth-order valence-electron chi connectivity index (χ4n) is 3.85. The van der Waals surface area contributed by atoms with Crippen LogP contribution in [-0.2, 0) is 7.05 Å².